The lowest BCUT2D eigenvalue weighted by Crippen LogP contribution is -2.38. The average molecular weight is 387 g/mol. The molecule has 1 aliphatic heterocycles. The maximum atomic E-state index is 12.7. The lowest BCUT2D eigenvalue weighted by Gasteiger charge is -2.30. The summed E-state index contributed by atoms with van der Waals surface area (Å²) in [5.74, 6) is 0.540. The first kappa shape index (κ1) is 19.6. The molecule has 1 saturated heterocycles. The summed E-state index contributed by atoms with van der Waals surface area (Å²) in [5, 5.41) is 0. The van der Waals surface area contributed by atoms with Gasteiger partial charge in [0.1, 0.15) is 0 Å². The molecule has 0 radical (unpaired) electrons. The number of piperidine rings is 1. The van der Waals surface area contributed by atoms with E-state index in [-0.39, 0.29) is 10.8 Å². The number of nitrogens with zero attached hydrogens (tertiary/aromatic N) is 1. The lowest BCUT2D eigenvalue weighted by atomic mass is 9.98. The normalized spacial score (nSPS) is 15.7. The van der Waals surface area contributed by atoms with Gasteiger partial charge in [-0.05, 0) is 48.9 Å². The van der Waals surface area contributed by atoms with Crippen molar-refractivity contribution >= 4 is 15.9 Å². The summed E-state index contributed by atoms with van der Waals surface area (Å²) in [6, 6.07) is 16.0. The van der Waals surface area contributed by atoms with Crippen LogP contribution in [0.5, 0.6) is 0 Å². The number of sulfonamides is 1. The molecule has 27 heavy (non-hydrogen) atoms. The van der Waals surface area contributed by atoms with Gasteiger partial charge < -0.3 is 4.90 Å². The van der Waals surface area contributed by atoms with Crippen LogP contribution in [0, 0.1) is 5.92 Å². The van der Waals surface area contributed by atoms with Crippen molar-refractivity contribution in [3.8, 4) is 0 Å². The molecule has 1 N–H and O–H groups in total. The van der Waals surface area contributed by atoms with Gasteiger partial charge in [0.05, 0.1) is 4.90 Å². The molecular formula is C21H26N2O3S. The van der Waals surface area contributed by atoms with Gasteiger partial charge in [0.25, 0.3) is 5.91 Å². The van der Waals surface area contributed by atoms with Gasteiger partial charge >= 0.3 is 0 Å². The first-order valence-electron chi connectivity index (χ1n) is 9.38. The zero-order chi connectivity index (χ0) is 19.3. The van der Waals surface area contributed by atoms with Gasteiger partial charge in [0, 0.05) is 25.2 Å². The third-order valence-corrected chi connectivity index (χ3v) is 6.47. The quantitative estimate of drug-likeness (QED) is 0.830. The molecule has 1 heterocycles. The highest BCUT2D eigenvalue weighted by atomic mass is 32.2. The number of hydrogen-bond donors (Lipinski definition) is 1. The first-order valence-corrected chi connectivity index (χ1v) is 10.9. The summed E-state index contributed by atoms with van der Waals surface area (Å²) < 4.78 is 27.8. The Morgan fingerprint density at radius 1 is 1.07 bits per heavy atom. The Bertz CT molecular complexity index is 873. The lowest BCUT2D eigenvalue weighted by molar-refractivity contribution is 0.0697. The van der Waals surface area contributed by atoms with Crippen molar-refractivity contribution in [2.75, 3.05) is 19.6 Å². The van der Waals surface area contributed by atoms with E-state index in [1.165, 1.54) is 12.1 Å². The number of amides is 1. The number of carbonyl (C=O) groups excluding carboxylic acids is 1. The first-order chi connectivity index (χ1) is 13.0. The van der Waals surface area contributed by atoms with Crippen molar-refractivity contribution in [3.05, 3.63) is 65.7 Å². The van der Waals surface area contributed by atoms with Crippen LogP contribution in [0.1, 0.15) is 35.7 Å². The molecule has 0 spiro atoms. The Morgan fingerprint density at radius 3 is 2.48 bits per heavy atom. The number of rotatable bonds is 6. The predicted molar refractivity (Wildman–Crippen MR) is 106 cm³/mol. The number of nitrogens with one attached hydrogen (secondary N) is 1. The number of benzene rings is 2. The molecule has 0 atom stereocenters. The maximum absolute atomic E-state index is 12.7. The van der Waals surface area contributed by atoms with E-state index in [1.54, 1.807) is 12.1 Å². The van der Waals surface area contributed by atoms with E-state index in [1.807, 2.05) is 35.2 Å². The maximum Gasteiger partial charge on any atom is 0.253 e. The Morgan fingerprint density at radius 2 is 1.78 bits per heavy atom. The molecule has 144 valence electrons. The molecule has 1 fully saturated rings. The van der Waals surface area contributed by atoms with E-state index < -0.39 is 10.0 Å². The standard InChI is InChI=1S/C21H26N2O3S/c1-17-11-14-23(15-12-17)21(24)19-8-5-9-20(16-19)27(25,26)22-13-10-18-6-3-2-4-7-18/h2-9,16-17,22H,10-15H2,1H3. The van der Waals surface area contributed by atoms with E-state index in [2.05, 4.69) is 11.6 Å². The second-order valence-electron chi connectivity index (χ2n) is 7.14. The van der Waals surface area contributed by atoms with Crippen molar-refractivity contribution < 1.29 is 13.2 Å². The fraction of sp³-hybridized carbons (Fsp3) is 0.381. The zero-order valence-electron chi connectivity index (χ0n) is 15.6. The molecule has 5 nitrogen and oxygen atoms in total. The van der Waals surface area contributed by atoms with E-state index >= 15 is 0 Å². The highest BCUT2D eigenvalue weighted by molar-refractivity contribution is 7.89. The summed E-state index contributed by atoms with van der Waals surface area (Å²) in [4.78, 5) is 14.6. The molecular weight excluding hydrogens is 360 g/mol. The van der Waals surface area contributed by atoms with Crippen LogP contribution in [0.2, 0.25) is 0 Å². The highest BCUT2D eigenvalue weighted by Gasteiger charge is 2.23. The largest absolute Gasteiger partial charge is 0.339 e. The van der Waals surface area contributed by atoms with Gasteiger partial charge in [-0.25, -0.2) is 13.1 Å². The zero-order valence-corrected chi connectivity index (χ0v) is 16.4. The minimum Gasteiger partial charge on any atom is -0.339 e. The molecule has 0 bridgehead atoms. The minimum atomic E-state index is -3.65. The molecule has 6 heteroatoms. The molecule has 0 unspecified atom stereocenters. The van der Waals surface area contributed by atoms with Crippen LogP contribution < -0.4 is 4.72 Å². The molecule has 3 rings (SSSR count). The van der Waals surface area contributed by atoms with Crippen LogP contribution in [0.25, 0.3) is 0 Å². The monoisotopic (exact) mass is 386 g/mol. The van der Waals surface area contributed by atoms with Crippen molar-refractivity contribution in [1.82, 2.24) is 9.62 Å². The fourth-order valence-electron chi connectivity index (χ4n) is 3.25. The number of likely N-dealkylation sites (tertiary alicyclic amines) is 1. The van der Waals surface area contributed by atoms with Crippen LogP contribution >= 0.6 is 0 Å². The van der Waals surface area contributed by atoms with Gasteiger partial charge in [-0.15, -0.1) is 0 Å². The molecule has 1 aliphatic rings. The second-order valence-corrected chi connectivity index (χ2v) is 8.90. The summed E-state index contributed by atoms with van der Waals surface area (Å²) >= 11 is 0. The average Bonchev–Trinajstić information content (AvgIpc) is 2.69. The third kappa shape index (κ3) is 5.17. The fourth-order valence-corrected chi connectivity index (χ4v) is 4.33. The third-order valence-electron chi connectivity index (χ3n) is 5.01. The van der Waals surface area contributed by atoms with Crippen molar-refractivity contribution in [2.24, 2.45) is 5.92 Å². The van der Waals surface area contributed by atoms with Crippen LogP contribution in [-0.2, 0) is 16.4 Å². The van der Waals surface area contributed by atoms with Crippen LogP contribution in [0.15, 0.2) is 59.5 Å². The van der Waals surface area contributed by atoms with E-state index in [0.29, 0.717) is 24.4 Å². The van der Waals surface area contributed by atoms with E-state index in [9.17, 15) is 13.2 Å². The van der Waals surface area contributed by atoms with Gasteiger partial charge in [-0.2, -0.15) is 0 Å². The van der Waals surface area contributed by atoms with Gasteiger partial charge in [-0.1, -0.05) is 43.3 Å². The van der Waals surface area contributed by atoms with Crippen molar-refractivity contribution in [1.29, 1.82) is 0 Å². The van der Waals surface area contributed by atoms with Gasteiger partial charge in [0.15, 0.2) is 0 Å². The summed E-state index contributed by atoms with van der Waals surface area (Å²) in [7, 11) is -3.65. The van der Waals surface area contributed by atoms with Crippen molar-refractivity contribution in [3.63, 3.8) is 0 Å². The van der Waals surface area contributed by atoms with Crippen LogP contribution in [0.3, 0.4) is 0 Å². The summed E-state index contributed by atoms with van der Waals surface area (Å²) in [6.45, 7) is 3.96. The van der Waals surface area contributed by atoms with E-state index in [4.69, 9.17) is 0 Å². The smallest absolute Gasteiger partial charge is 0.253 e. The molecule has 0 aromatic heterocycles. The van der Waals surface area contributed by atoms with Crippen LogP contribution in [-0.4, -0.2) is 38.9 Å². The summed E-state index contributed by atoms with van der Waals surface area (Å²) in [5.41, 5.74) is 1.50. The number of carbonyl (C=O) groups is 1. The minimum absolute atomic E-state index is 0.0942. The Kier molecular flexibility index (Phi) is 6.29. The second kappa shape index (κ2) is 8.67. The molecule has 1 amide bonds. The molecule has 2 aromatic carbocycles. The van der Waals surface area contributed by atoms with Crippen molar-refractivity contribution in [2.45, 2.75) is 31.1 Å². The van der Waals surface area contributed by atoms with Gasteiger partial charge in [-0.3, -0.25) is 4.79 Å². The van der Waals surface area contributed by atoms with E-state index in [0.717, 1.165) is 31.5 Å². The molecule has 2 aromatic rings. The van der Waals surface area contributed by atoms with Gasteiger partial charge in [0.2, 0.25) is 10.0 Å². The molecule has 0 saturated carbocycles. The Hall–Kier alpha value is -2.18. The SMILES string of the molecule is CC1CCN(C(=O)c2cccc(S(=O)(=O)NCCc3ccccc3)c2)CC1. The topological polar surface area (TPSA) is 66.5 Å². The predicted octanol–water partition coefficient (Wildman–Crippen LogP) is 3.08. The number of hydrogen-bond acceptors (Lipinski definition) is 3. The Balaban J connectivity index is 1.65. The highest BCUT2D eigenvalue weighted by Crippen LogP contribution is 2.19. The summed E-state index contributed by atoms with van der Waals surface area (Å²) in [6.07, 6.45) is 2.60. The van der Waals surface area contributed by atoms with Crippen LogP contribution in [0.4, 0.5) is 0 Å². The molecule has 0 aliphatic carbocycles. The Labute approximate surface area is 161 Å².